The molecule has 7 nitrogen and oxygen atoms in total. The average Bonchev–Trinajstić information content (AvgIpc) is 2.46. The normalized spacial score (nSPS) is 10.9. The molecule has 0 aliphatic carbocycles. The van der Waals surface area contributed by atoms with Gasteiger partial charge in [-0.2, -0.15) is 4.98 Å². The van der Waals surface area contributed by atoms with Gasteiger partial charge in [0.05, 0.1) is 5.56 Å². The summed E-state index contributed by atoms with van der Waals surface area (Å²) in [5.41, 5.74) is 6.43. The first kappa shape index (κ1) is 15.4. The zero-order valence-electron chi connectivity index (χ0n) is 11.8. The minimum absolute atomic E-state index is 0.0400. The average molecular weight is 300 g/mol. The fraction of sp³-hybridized carbons (Fsp3) is 0.200. The molecule has 0 radical (unpaired) electrons. The van der Waals surface area contributed by atoms with Crippen LogP contribution in [0.4, 0.5) is 11.8 Å². The Morgan fingerprint density at radius 2 is 2.09 bits per heavy atom. The number of benzene rings is 1. The highest BCUT2D eigenvalue weighted by atomic mass is 16.4. The highest BCUT2D eigenvalue weighted by Gasteiger charge is 2.01. The van der Waals surface area contributed by atoms with Gasteiger partial charge in [-0.05, 0) is 37.0 Å². The van der Waals surface area contributed by atoms with Crippen LogP contribution in [0.1, 0.15) is 28.8 Å². The summed E-state index contributed by atoms with van der Waals surface area (Å²) in [4.78, 5) is 32.2. The van der Waals surface area contributed by atoms with Gasteiger partial charge >= 0.3 is 5.97 Å². The van der Waals surface area contributed by atoms with Gasteiger partial charge in [-0.1, -0.05) is 12.1 Å². The van der Waals surface area contributed by atoms with Crippen LogP contribution >= 0.6 is 0 Å². The SMILES string of the molecule is Nc1nc(N=CCCCc2ccc(C(=O)O)cc2)cc(=O)[nH]1. The van der Waals surface area contributed by atoms with Crippen LogP contribution in [0.25, 0.3) is 0 Å². The number of hydrogen-bond acceptors (Lipinski definition) is 5. The number of aryl methyl sites for hydroxylation is 1. The first-order valence-electron chi connectivity index (χ1n) is 6.76. The van der Waals surface area contributed by atoms with Crippen LogP contribution in [0.15, 0.2) is 40.1 Å². The number of carboxylic acids is 1. The van der Waals surface area contributed by atoms with Crippen LogP contribution in [-0.4, -0.2) is 27.3 Å². The number of nitrogen functional groups attached to an aromatic ring is 1. The molecule has 0 bridgehead atoms. The number of aromatic nitrogens is 2. The van der Waals surface area contributed by atoms with E-state index in [2.05, 4.69) is 15.0 Å². The number of carboxylic acid groups (broad SMARTS) is 1. The van der Waals surface area contributed by atoms with E-state index in [1.807, 2.05) is 0 Å². The summed E-state index contributed by atoms with van der Waals surface area (Å²) in [6, 6.07) is 8.07. The second-order valence-electron chi connectivity index (χ2n) is 4.69. The van der Waals surface area contributed by atoms with Crippen molar-refractivity contribution in [1.82, 2.24) is 9.97 Å². The van der Waals surface area contributed by atoms with E-state index < -0.39 is 5.97 Å². The number of carbonyl (C=O) groups is 1. The highest BCUT2D eigenvalue weighted by molar-refractivity contribution is 5.87. The summed E-state index contributed by atoms with van der Waals surface area (Å²) in [5.74, 6) is -0.603. The van der Waals surface area contributed by atoms with E-state index in [0.717, 1.165) is 24.8 Å². The molecule has 0 unspecified atom stereocenters. The fourth-order valence-corrected chi connectivity index (χ4v) is 1.90. The largest absolute Gasteiger partial charge is 0.478 e. The van der Waals surface area contributed by atoms with Crippen LogP contribution in [0, 0.1) is 0 Å². The number of unbranched alkanes of at least 4 members (excludes halogenated alkanes) is 1. The van der Waals surface area contributed by atoms with E-state index in [-0.39, 0.29) is 22.9 Å². The van der Waals surface area contributed by atoms with Gasteiger partial charge < -0.3 is 10.8 Å². The smallest absolute Gasteiger partial charge is 0.335 e. The zero-order valence-corrected chi connectivity index (χ0v) is 11.8. The first-order chi connectivity index (χ1) is 10.5. The molecule has 0 atom stereocenters. The third-order valence-corrected chi connectivity index (χ3v) is 2.97. The topological polar surface area (TPSA) is 121 Å². The molecule has 0 aliphatic rings. The molecule has 2 rings (SSSR count). The molecule has 0 aliphatic heterocycles. The van der Waals surface area contributed by atoms with Crippen molar-refractivity contribution in [2.75, 3.05) is 5.73 Å². The molecule has 0 saturated heterocycles. The Bertz CT molecular complexity index is 735. The third-order valence-electron chi connectivity index (χ3n) is 2.97. The Hall–Kier alpha value is -2.96. The predicted molar refractivity (Wildman–Crippen MR) is 83.8 cm³/mol. The maximum atomic E-state index is 11.2. The van der Waals surface area contributed by atoms with Crippen molar-refractivity contribution < 1.29 is 9.90 Å². The van der Waals surface area contributed by atoms with Gasteiger partial charge in [-0.3, -0.25) is 9.78 Å². The summed E-state index contributed by atoms with van der Waals surface area (Å²) in [7, 11) is 0. The van der Waals surface area contributed by atoms with Crippen molar-refractivity contribution in [2.24, 2.45) is 4.99 Å². The molecule has 0 saturated carbocycles. The van der Waals surface area contributed by atoms with Gasteiger partial charge in [0.1, 0.15) is 0 Å². The van der Waals surface area contributed by atoms with Crippen LogP contribution in [0.5, 0.6) is 0 Å². The lowest BCUT2D eigenvalue weighted by Gasteiger charge is -2.00. The number of rotatable bonds is 6. The second-order valence-corrected chi connectivity index (χ2v) is 4.69. The molecular formula is C15H16N4O3. The van der Waals surface area contributed by atoms with Gasteiger partial charge in [0.2, 0.25) is 5.95 Å². The lowest BCUT2D eigenvalue weighted by Crippen LogP contribution is -2.08. The van der Waals surface area contributed by atoms with Crippen LogP contribution in [0.3, 0.4) is 0 Å². The number of nitrogens with two attached hydrogens (primary N) is 1. The Morgan fingerprint density at radius 3 is 2.73 bits per heavy atom. The summed E-state index contributed by atoms with van der Waals surface area (Å²) >= 11 is 0. The molecule has 0 spiro atoms. The summed E-state index contributed by atoms with van der Waals surface area (Å²) in [6.07, 6.45) is 4.08. The highest BCUT2D eigenvalue weighted by Crippen LogP contribution is 2.08. The van der Waals surface area contributed by atoms with Crippen molar-refractivity contribution >= 4 is 24.0 Å². The summed E-state index contributed by atoms with van der Waals surface area (Å²) < 4.78 is 0. The molecule has 1 aromatic carbocycles. The molecule has 7 heteroatoms. The number of aliphatic imine (C=N–C) groups is 1. The molecule has 0 amide bonds. The zero-order chi connectivity index (χ0) is 15.9. The van der Waals surface area contributed by atoms with E-state index in [1.165, 1.54) is 6.07 Å². The van der Waals surface area contributed by atoms with Gasteiger partial charge in [0, 0.05) is 12.3 Å². The van der Waals surface area contributed by atoms with Crippen molar-refractivity contribution in [3.63, 3.8) is 0 Å². The Labute approximate surface area is 126 Å². The van der Waals surface area contributed by atoms with Crippen molar-refractivity contribution in [1.29, 1.82) is 0 Å². The van der Waals surface area contributed by atoms with Crippen LogP contribution in [0.2, 0.25) is 0 Å². The summed E-state index contributed by atoms with van der Waals surface area (Å²) in [5, 5.41) is 8.81. The quantitative estimate of drug-likeness (QED) is 0.554. The van der Waals surface area contributed by atoms with Crippen molar-refractivity contribution in [2.45, 2.75) is 19.3 Å². The molecule has 0 fully saturated rings. The van der Waals surface area contributed by atoms with Crippen molar-refractivity contribution in [3.05, 3.63) is 51.8 Å². The maximum absolute atomic E-state index is 11.2. The molecule has 4 N–H and O–H groups in total. The van der Waals surface area contributed by atoms with Gasteiger partial charge in [-0.15, -0.1) is 0 Å². The number of H-pyrrole nitrogens is 1. The fourth-order valence-electron chi connectivity index (χ4n) is 1.90. The Kier molecular flexibility index (Phi) is 5.02. The van der Waals surface area contributed by atoms with E-state index in [4.69, 9.17) is 10.8 Å². The van der Waals surface area contributed by atoms with E-state index >= 15 is 0 Å². The molecule has 2 aromatic rings. The molecular weight excluding hydrogens is 284 g/mol. The lowest BCUT2D eigenvalue weighted by atomic mass is 10.1. The number of aromatic amines is 1. The monoisotopic (exact) mass is 300 g/mol. The van der Waals surface area contributed by atoms with E-state index in [0.29, 0.717) is 0 Å². The van der Waals surface area contributed by atoms with Crippen molar-refractivity contribution in [3.8, 4) is 0 Å². The number of nitrogens with zero attached hydrogens (tertiary/aromatic N) is 2. The lowest BCUT2D eigenvalue weighted by molar-refractivity contribution is 0.0697. The van der Waals surface area contributed by atoms with Crippen LogP contribution < -0.4 is 11.3 Å². The van der Waals surface area contributed by atoms with Gasteiger partial charge in [0.15, 0.2) is 5.82 Å². The summed E-state index contributed by atoms with van der Waals surface area (Å²) in [6.45, 7) is 0. The Morgan fingerprint density at radius 1 is 1.36 bits per heavy atom. The maximum Gasteiger partial charge on any atom is 0.335 e. The molecule has 1 heterocycles. The van der Waals surface area contributed by atoms with Gasteiger partial charge in [-0.25, -0.2) is 9.79 Å². The number of anilines is 1. The third kappa shape index (κ3) is 4.55. The molecule has 114 valence electrons. The second kappa shape index (κ2) is 7.16. The first-order valence-corrected chi connectivity index (χ1v) is 6.76. The Balaban J connectivity index is 1.82. The molecule has 22 heavy (non-hydrogen) atoms. The number of aromatic carboxylic acids is 1. The van der Waals surface area contributed by atoms with Gasteiger partial charge in [0.25, 0.3) is 5.56 Å². The standard InChI is InChI=1S/C15H16N4O3/c16-15-18-12(9-13(20)19-15)17-8-2-1-3-10-4-6-11(7-5-10)14(21)22/h4-9H,1-3H2,(H,21,22)(H3,16,18,19,20). The number of hydrogen-bond donors (Lipinski definition) is 3. The number of nitrogens with one attached hydrogen (secondary N) is 1. The molecule has 1 aromatic heterocycles. The van der Waals surface area contributed by atoms with E-state index in [1.54, 1.807) is 30.5 Å². The minimum atomic E-state index is -0.927. The van der Waals surface area contributed by atoms with Crippen LogP contribution in [-0.2, 0) is 6.42 Å². The van der Waals surface area contributed by atoms with E-state index in [9.17, 15) is 9.59 Å². The predicted octanol–water partition coefficient (Wildman–Crippen LogP) is 1.78. The minimum Gasteiger partial charge on any atom is -0.478 e.